The van der Waals surface area contributed by atoms with E-state index in [-0.39, 0.29) is 0 Å². The Bertz CT molecular complexity index is 2420. The van der Waals surface area contributed by atoms with Gasteiger partial charge < -0.3 is 10.0 Å². The minimum absolute atomic E-state index is 0.918. The van der Waals surface area contributed by atoms with E-state index in [0.29, 0.717) is 0 Å². The zero-order valence-electron chi connectivity index (χ0n) is 28.9. The molecule has 1 N–H and O–H groups in total. The summed E-state index contributed by atoms with van der Waals surface area (Å²) in [6, 6.07) is 70.3. The summed E-state index contributed by atoms with van der Waals surface area (Å²) >= 11 is 0. The molecule has 0 bridgehead atoms. The second-order valence-electron chi connectivity index (χ2n) is 13.5. The van der Waals surface area contributed by atoms with Gasteiger partial charge in [0.15, 0.2) is 0 Å². The van der Waals surface area contributed by atoms with Crippen LogP contribution in [0.4, 0.5) is 17.1 Å². The molecule has 2 heteroatoms. The van der Waals surface area contributed by atoms with Gasteiger partial charge in [-0.1, -0.05) is 158 Å². The zero-order valence-corrected chi connectivity index (χ0v) is 28.9. The van der Waals surface area contributed by atoms with Gasteiger partial charge >= 0.3 is 0 Å². The quantitative estimate of drug-likeness (QED) is 0.183. The van der Waals surface area contributed by atoms with Gasteiger partial charge in [-0.05, 0) is 105 Å². The Morgan fingerprint density at radius 1 is 0.346 bits per heavy atom. The normalized spacial score (nSPS) is 14.4. The number of benzene rings is 8. The van der Waals surface area contributed by atoms with Crippen LogP contribution in [0.3, 0.4) is 0 Å². The molecule has 8 aromatic carbocycles. The van der Waals surface area contributed by atoms with Crippen LogP contribution in [0.2, 0.25) is 0 Å². The van der Waals surface area contributed by atoms with Crippen molar-refractivity contribution in [2.75, 3.05) is 4.90 Å². The Morgan fingerprint density at radius 2 is 0.731 bits per heavy atom. The standard InChI is InChI=1S/C50H37NO/c1-35-12-8-10-18-47(35)50(52)48-19-11-9-17-45(48)46-33-26-41(34-49(46)50)40-24-31-44(32-25-40)51(42-27-20-38(21-28-42)36-13-4-2-5-14-36)43-29-22-39(23-30-43)37-15-6-3-7-16-37/h2-34,52H,1H3. The molecule has 0 spiro atoms. The lowest BCUT2D eigenvalue weighted by molar-refractivity contribution is 0.130. The van der Waals surface area contributed by atoms with Crippen molar-refractivity contribution in [3.8, 4) is 44.5 Å². The molecule has 0 heterocycles. The van der Waals surface area contributed by atoms with Crippen molar-refractivity contribution in [2.24, 2.45) is 0 Å². The van der Waals surface area contributed by atoms with Gasteiger partial charge in [-0.15, -0.1) is 0 Å². The highest BCUT2D eigenvalue weighted by Crippen LogP contribution is 2.52. The van der Waals surface area contributed by atoms with E-state index >= 15 is 0 Å². The summed E-state index contributed by atoms with van der Waals surface area (Å²) in [5.74, 6) is 0. The Labute approximate surface area is 305 Å². The molecule has 0 saturated carbocycles. The van der Waals surface area contributed by atoms with Crippen LogP contribution >= 0.6 is 0 Å². The van der Waals surface area contributed by atoms with Crippen LogP contribution in [0.5, 0.6) is 0 Å². The number of hydrogen-bond donors (Lipinski definition) is 1. The molecule has 0 aromatic heterocycles. The molecule has 9 rings (SSSR count). The predicted molar refractivity (Wildman–Crippen MR) is 216 cm³/mol. The molecular weight excluding hydrogens is 631 g/mol. The van der Waals surface area contributed by atoms with E-state index in [9.17, 15) is 5.11 Å². The molecule has 2 nitrogen and oxygen atoms in total. The first kappa shape index (κ1) is 31.5. The van der Waals surface area contributed by atoms with E-state index in [1.165, 1.54) is 22.3 Å². The minimum atomic E-state index is -1.23. The summed E-state index contributed by atoms with van der Waals surface area (Å²) < 4.78 is 0. The van der Waals surface area contributed by atoms with Crippen molar-refractivity contribution < 1.29 is 5.11 Å². The first-order chi connectivity index (χ1) is 25.6. The summed E-state index contributed by atoms with van der Waals surface area (Å²) in [4.78, 5) is 2.31. The number of fused-ring (bicyclic) bond motifs is 3. The van der Waals surface area contributed by atoms with E-state index in [2.05, 4.69) is 194 Å². The first-order valence-electron chi connectivity index (χ1n) is 17.8. The van der Waals surface area contributed by atoms with Gasteiger partial charge in [-0.3, -0.25) is 0 Å². The second-order valence-corrected chi connectivity index (χ2v) is 13.5. The topological polar surface area (TPSA) is 23.5 Å². The largest absolute Gasteiger partial charge is 0.376 e. The Morgan fingerprint density at radius 3 is 1.25 bits per heavy atom. The summed E-state index contributed by atoms with van der Waals surface area (Å²) in [5.41, 5.74) is 14.9. The fourth-order valence-corrected chi connectivity index (χ4v) is 7.82. The van der Waals surface area contributed by atoms with Crippen molar-refractivity contribution in [2.45, 2.75) is 12.5 Å². The fourth-order valence-electron chi connectivity index (χ4n) is 7.82. The Balaban J connectivity index is 1.10. The summed E-state index contributed by atoms with van der Waals surface area (Å²) in [5, 5.41) is 12.7. The Kier molecular flexibility index (Phi) is 7.88. The van der Waals surface area contributed by atoms with Crippen molar-refractivity contribution in [1.82, 2.24) is 0 Å². The van der Waals surface area contributed by atoms with Gasteiger partial charge in [0.2, 0.25) is 0 Å². The molecule has 0 fully saturated rings. The van der Waals surface area contributed by atoms with Crippen LogP contribution in [0.25, 0.3) is 44.5 Å². The molecule has 0 amide bonds. The number of hydrogen-bond acceptors (Lipinski definition) is 2. The van der Waals surface area contributed by atoms with Crippen molar-refractivity contribution in [3.05, 3.63) is 222 Å². The molecule has 0 aliphatic heterocycles. The van der Waals surface area contributed by atoms with E-state index in [1.807, 2.05) is 18.2 Å². The lowest BCUT2D eigenvalue weighted by Gasteiger charge is -2.28. The third kappa shape index (κ3) is 5.42. The molecular formula is C50H37NO. The average molecular weight is 668 g/mol. The average Bonchev–Trinajstić information content (AvgIpc) is 3.47. The molecule has 0 saturated heterocycles. The zero-order chi connectivity index (χ0) is 35.1. The summed E-state index contributed by atoms with van der Waals surface area (Å²) in [6.45, 7) is 2.08. The highest BCUT2D eigenvalue weighted by Gasteiger charge is 2.43. The molecule has 0 radical (unpaired) electrons. The number of nitrogens with zero attached hydrogens (tertiary/aromatic N) is 1. The molecule has 248 valence electrons. The highest BCUT2D eigenvalue weighted by atomic mass is 16.3. The van der Waals surface area contributed by atoms with Gasteiger partial charge in [0.05, 0.1) is 0 Å². The van der Waals surface area contributed by atoms with Crippen LogP contribution in [-0.2, 0) is 5.60 Å². The maximum absolute atomic E-state index is 12.7. The van der Waals surface area contributed by atoms with Gasteiger partial charge in [0, 0.05) is 28.2 Å². The van der Waals surface area contributed by atoms with E-state index in [0.717, 1.165) is 61.6 Å². The maximum atomic E-state index is 12.7. The van der Waals surface area contributed by atoms with Crippen molar-refractivity contribution in [1.29, 1.82) is 0 Å². The third-order valence-corrected chi connectivity index (χ3v) is 10.5. The van der Waals surface area contributed by atoms with Gasteiger partial charge in [0.1, 0.15) is 5.60 Å². The smallest absolute Gasteiger partial charge is 0.142 e. The van der Waals surface area contributed by atoms with Gasteiger partial charge in [-0.25, -0.2) is 0 Å². The van der Waals surface area contributed by atoms with Gasteiger partial charge in [0.25, 0.3) is 0 Å². The van der Waals surface area contributed by atoms with Crippen LogP contribution in [0.15, 0.2) is 200 Å². The Hall–Kier alpha value is -6.48. The maximum Gasteiger partial charge on any atom is 0.142 e. The van der Waals surface area contributed by atoms with Crippen LogP contribution in [0, 0.1) is 6.92 Å². The lowest BCUT2D eigenvalue weighted by atomic mass is 9.81. The minimum Gasteiger partial charge on any atom is -0.376 e. The van der Waals surface area contributed by atoms with E-state index < -0.39 is 5.60 Å². The highest BCUT2D eigenvalue weighted by molar-refractivity contribution is 5.86. The number of rotatable bonds is 7. The molecule has 8 aromatic rings. The van der Waals surface area contributed by atoms with E-state index in [1.54, 1.807) is 0 Å². The predicted octanol–water partition coefficient (Wildman–Crippen LogP) is 12.7. The summed E-state index contributed by atoms with van der Waals surface area (Å²) in [6.07, 6.45) is 0. The number of aryl methyl sites for hydroxylation is 1. The van der Waals surface area contributed by atoms with E-state index in [4.69, 9.17) is 0 Å². The van der Waals surface area contributed by atoms with Crippen molar-refractivity contribution in [3.63, 3.8) is 0 Å². The molecule has 1 aliphatic carbocycles. The van der Waals surface area contributed by atoms with Crippen molar-refractivity contribution >= 4 is 17.1 Å². The van der Waals surface area contributed by atoms with Crippen LogP contribution in [-0.4, -0.2) is 5.11 Å². The molecule has 52 heavy (non-hydrogen) atoms. The SMILES string of the molecule is Cc1ccccc1C1(O)c2ccccc2-c2ccc(-c3ccc(N(c4ccc(-c5ccccc5)cc4)c4ccc(-c5ccccc5)cc4)cc3)cc21. The molecule has 1 unspecified atom stereocenters. The number of anilines is 3. The second kappa shape index (κ2) is 13.0. The molecule has 1 aliphatic rings. The van der Waals surface area contributed by atoms with Gasteiger partial charge in [-0.2, -0.15) is 0 Å². The molecule has 1 atom stereocenters. The first-order valence-corrected chi connectivity index (χ1v) is 17.8. The monoisotopic (exact) mass is 667 g/mol. The van der Waals surface area contributed by atoms with Crippen LogP contribution < -0.4 is 4.90 Å². The lowest BCUT2D eigenvalue weighted by Crippen LogP contribution is -2.27. The fraction of sp³-hybridized carbons (Fsp3) is 0.0400. The van der Waals surface area contributed by atoms with Crippen LogP contribution in [0.1, 0.15) is 22.3 Å². The third-order valence-electron chi connectivity index (χ3n) is 10.5. The number of aliphatic hydroxyl groups is 1. The summed E-state index contributed by atoms with van der Waals surface area (Å²) in [7, 11) is 0.